The molecule has 6 N–H and O–H groups in total. The third kappa shape index (κ3) is 4.41. The first-order chi connectivity index (χ1) is 20.3. The van der Waals surface area contributed by atoms with Crippen LogP contribution in [0.3, 0.4) is 0 Å². The fourth-order valence-electron chi connectivity index (χ4n) is 7.92. The molecule has 228 valence electrons. The number of hydrogen-bond acceptors (Lipinski definition) is 9. The van der Waals surface area contributed by atoms with Crippen molar-refractivity contribution in [3.05, 3.63) is 58.1 Å². The Balaban J connectivity index is 1.42. The van der Waals surface area contributed by atoms with Gasteiger partial charge in [0.05, 0.1) is 11.6 Å². The zero-order chi connectivity index (χ0) is 31.0. The Morgan fingerprint density at radius 2 is 1.77 bits per heavy atom. The van der Waals surface area contributed by atoms with Crippen LogP contribution >= 0.6 is 0 Å². The van der Waals surface area contributed by atoms with Gasteiger partial charge in [0.1, 0.15) is 34.4 Å². The molecule has 2 aromatic rings. The topological polar surface area (TPSA) is 175 Å². The maximum absolute atomic E-state index is 14.0. The van der Waals surface area contributed by atoms with E-state index in [1.165, 1.54) is 36.6 Å². The molecule has 2 fully saturated rings. The van der Waals surface area contributed by atoms with Gasteiger partial charge < -0.3 is 30.6 Å². The van der Waals surface area contributed by atoms with E-state index in [0.717, 1.165) is 18.1 Å². The van der Waals surface area contributed by atoms with Gasteiger partial charge in [0.25, 0.3) is 5.91 Å². The Morgan fingerprint density at radius 3 is 2.42 bits per heavy atom. The molecule has 1 heterocycles. The summed E-state index contributed by atoms with van der Waals surface area (Å²) in [4.78, 5) is 41.0. The number of benzene rings is 1. The van der Waals surface area contributed by atoms with Crippen molar-refractivity contribution in [1.29, 1.82) is 0 Å². The minimum Gasteiger partial charge on any atom is -0.508 e. The molecule has 1 aromatic carbocycles. The number of aliphatic hydroxyl groups excluding tert-OH is 2. The molecule has 1 amide bonds. The molecule has 0 radical (unpaired) electrons. The number of fused-ring (bicyclic) bond motifs is 3. The molecule has 4 atom stereocenters. The van der Waals surface area contributed by atoms with E-state index in [-0.39, 0.29) is 29.7 Å². The molecule has 0 spiro atoms. The number of amides is 1. The zero-order valence-electron chi connectivity index (χ0n) is 24.6. The standard InChI is InChI=1S/C33H38N2O8/c1-15-4-6-16(7-5-15)12-18-8-11-23(43-18)19-9-10-22(36)25-20(19)13-17-14-21-27(35(2)3)29(38)26(32(34)41)31(40)33(21,42)30(39)24(17)28(25)37/h8-11,15-17,21,27,36-37,40,42H,4-7,12-14H2,1-3H3,(H2,34,41)/t15?,16?,17-,21-,27-,33-/m0/s1. The van der Waals surface area contributed by atoms with Gasteiger partial charge in [0, 0.05) is 23.5 Å². The summed E-state index contributed by atoms with van der Waals surface area (Å²) in [6, 6.07) is 5.85. The van der Waals surface area contributed by atoms with E-state index in [4.69, 9.17) is 10.2 Å². The van der Waals surface area contributed by atoms with Crippen LogP contribution < -0.4 is 5.73 Å². The molecule has 2 saturated carbocycles. The van der Waals surface area contributed by atoms with Crippen LogP contribution in [0.15, 0.2) is 45.6 Å². The second-order valence-corrected chi connectivity index (χ2v) is 13.0. The third-order valence-corrected chi connectivity index (χ3v) is 10.2. The Hall–Kier alpha value is -3.89. The maximum Gasteiger partial charge on any atom is 0.255 e. The number of rotatable bonds is 5. The van der Waals surface area contributed by atoms with E-state index < -0.39 is 58.0 Å². The summed E-state index contributed by atoms with van der Waals surface area (Å²) in [5, 5.41) is 45.1. The SMILES string of the molecule is CC1CCC(Cc2ccc(-c3ccc(O)c4c3C[C@H]3C[C@H]5[C@H](N(C)C)C(=O)C(C(N)=O)=C(O)[C@@]5(O)C(=O)C3=C4O)o2)CC1. The number of ketones is 2. The molecule has 0 aliphatic heterocycles. The van der Waals surface area contributed by atoms with E-state index in [9.17, 15) is 34.8 Å². The van der Waals surface area contributed by atoms with Gasteiger partial charge >= 0.3 is 0 Å². The molecule has 43 heavy (non-hydrogen) atoms. The predicted molar refractivity (Wildman–Crippen MR) is 157 cm³/mol. The number of primary amides is 1. The van der Waals surface area contributed by atoms with E-state index >= 15 is 0 Å². The Kier molecular flexibility index (Phi) is 7.05. The van der Waals surface area contributed by atoms with Crippen molar-refractivity contribution in [2.24, 2.45) is 29.4 Å². The number of phenols is 1. The van der Waals surface area contributed by atoms with Gasteiger partial charge in [-0.15, -0.1) is 0 Å². The number of furan rings is 1. The lowest BCUT2D eigenvalue weighted by Gasteiger charge is -2.50. The van der Waals surface area contributed by atoms with Crippen molar-refractivity contribution in [3.63, 3.8) is 0 Å². The number of nitrogens with two attached hydrogens (primary N) is 1. The van der Waals surface area contributed by atoms with Crippen LogP contribution in [0.2, 0.25) is 0 Å². The lowest BCUT2D eigenvalue weighted by atomic mass is 9.57. The molecular formula is C33H38N2O8. The smallest absolute Gasteiger partial charge is 0.255 e. The summed E-state index contributed by atoms with van der Waals surface area (Å²) in [5.74, 6) is -3.95. The summed E-state index contributed by atoms with van der Waals surface area (Å²) in [6.45, 7) is 2.29. The summed E-state index contributed by atoms with van der Waals surface area (Å²) in [7, 11) is 3.15. The summed E-state index contributed by atoms with van der Waals surface area (Å²) in [5.41, 5.74) is 3.02. The van der Waals surface area contributed by atoms with Crippen LogP contribution in [-0.4, -0.2) is 68.5 Å². The number of carbonyl (C=O) groups is 3. The van der Waals surface area contributed by atoms with Gasteiger partial charge in [-0.25, -0.2) is 0 Å². The first-order valence-electron chi connectivity index (χ1n) is 14.9. The maximum atomic E-state index is 14.0. The summed E-state index contributed by atoms with van der Waals surface area (Å²) >= 11 is 0. The van der Waals surface area contributed by atoms with Crippen molar-refractivity contribution < 1.29 is 39.2 Å². The van der Waals surface area contributed by atoms with Crippen LogP contribution in [0.4, 0.5) is 0 Å². The Labute approximate surface area is 249 Å². The predicted octanol–water partition coefficient (Wildman–Crippen LogP) is 3.59. The largest absolute Gasteiger partial charge is 0.508 e. The number of carbonyl (C=O) groups excluding carboxylic acids is 3. The van der Waals surface area contributed by atoms with Crippen LogP contribution in [0, 0.1) is 23.7 Å². The number of aromatic hydroxyl groups is 1. The van der Waals surface area contributed by atoms with E-state index in [1.807, 2.05) is 12.1 Å². The highest BCUT2D eigenvalue weighted by atomic mass is 16.4. The number of likely N-dealkylation sites (N-methyl/N-ethyl adjacent to an activating group) is 1. The van der Waals surface area contributed by atoms with Crippen LogP contribution in [0.1, 0.15) is 55.9 Å². The van der Waals surface area contributed by atoms with Crippen molar-refractivity contribution in [2.75, 3.05) is 14.1 Å². The van der Waals surface area contributed by atoms with Gasteiger partial charge in [0.15, 0.2) is 11.4 Å². The number of nitrogens with zero attached hydrogens (tertiary/aromatic N) is 1. The number of Topliss-reactive ketones (excluding diaryl/α,β-unsaturated/α-hetero) is 2. The fourth-order valence-corrected chi connectivity index (χ4v) is 7.92. The second kappa shape index (κ2) is 10.4. The van der Waals surface area contributed by atoms with Crippen molar-refractivity contribution in [3.8, 4) is 17.1 Å². The van der Waals surface area contributed by atoms with Crippen molar-refractivity contribution in [2.45, 2.75) is 63.5 Å². The van der Waals surface area contributed by atoms with E-state index in [1.54, 1.807) is 20.2 Å². The molecule has 0 bridgehead atoms. The highest BCUT2D eigenvalue weighted by Gasteiger charge is 2.64. The second-order valence-electron chi connectivity index (χ2n) is 13.0. The minimum atomic E-state index is -2.66. The normalized spacial score (nSPS) is 30.8. The van der Waals surface area contributed by atoms with Gasteiger partial charge in [-0.1, -0.05) is 19.8 Å². The van der Waals surface area contributed by atoms with E-state index in [2.05, 4.69) is 6.92 Å². The molecule has 4 aliphatic rings. The molecule has 4 aliphatic carbocycles. The summed E-state index contributed by atoms with van der Waals surface area (Å²) < 4.78 is 6.29. The first kappa shape index (κ1) is 29.2. The number of phenolic OH excluding ortho intramolecular Hbond substituents is 1. The van der Waals surface area contributed by atoms with Gasteiger partial charge in [-0.05, 0) is 87.4 Å². The first-order valence-corrected chi connectivity index (χ1v) is 14.9. The third-order valence-electron chi connectivity index (χ3n) is 10.2. The lowest BCUT2D eigenvalue weighted by Crippen LogP contribution is -2.65. The fraction of sp³-hybridized carbons (Fsp3) is 0.485. The molecule has 10 heteroatoms. The van der Waals surface area contributed by atoms with Gasteiger partial charge in [0.2, 0.25) is 5.78 Å². The summed E-state index contributed by atoms with van der Waals surface area (Å²) in [6.07, 6.45) is 5.83. The average Bonchev–Trinajstić information content (AvgIpc) is 3.40. The molecule has 0 unspecified atom stereocenters. The molecule has 0 saturated heterocycles. The molecule has 1 aromatic heterocycles. The highest BCUT2D eigenvalue weighted by Crippen LogP contribution is 2.53. The number of hydrogen-bond donors (Lipinski definition) is 5. The molecule has 10 nitrogen and oxygen atoms in total. The van der Waals surface area contributed by atoms with Crippen LogP contribution in [-0.2, 0) is 27.2 Å². The Morgan fingerprint density at radius 1 is 1.07 bits per heavy atom. The quantitative estimate of drug-likeness (QED) is 0.326. The van der Waals surface area contributed by atoms with Crippen molar-refractivity contribution in [1.82, 2.24) is 4.90 Å². The van der Waals surface area contributed by atoms with Crippen molar-refractivity contribution >= 4 is 23.2 Å². The average molecular weight is 591 g/mol. The van der Waals surface area contributed by atoms with Crippen LogP contribution in [0.5, 0.6) is 5.75 Å². The van der Waals surface area contributed by atoms with Crippen LogP contribution in [0.25, 0.3) is 17.1 Å². The van der Waals surface area contributed by atoms with E-state index in [0.29, 0.717) is 22.8 Å². The highest BCUT2D eigenvalue weighted by molar-refractivity contribution is 6.24. The van der Waals surface area contributed by atoms with Gasteiger partial charge in [-0.2, -0.15) is 0 Å². The molecular weight excluding hydrogens is 552 g/mol. The minimum absolute atomic E-state index is 0.0321. The molecule has 6 rings (SSSR count). The monoisotopic (exact) mass is 590 g/mol. The Bertz CT molecular complexity index is 1590. The number of aliphatic hydroxyl groups is 3. The zero-order valence-corrected chi connectivity index (χ0v) is 24.6. The van der Waals surface area contributed by atoms with Gasteiger partial charge in [-0.3, -0.25) is 19.3 Å². The lowest BCUT2D eigenvalue weighted by molar-refractivity contribution is -0.153.